The summed E-state index contributed by atoms with van der Waals surface area (Å²) < 4.78 is 18.7. The molecule has 8 heteroatoms. The Morgan fingerprint density at radius 3 is 3.00 bits per heavy atom. The number of hydrogen-bond acceptors (Lipinski definition) is 5. The summed E-state index contributed by atoms with van der Waals surface area (Å²) in [4.78, 5) is 27.2. The fourth-order valence-electron chi connectivity index (χ4n) is 2.32. The van der Waals surface area contributed by atoms with Crippen molar-refractivity contribution in [3.8, 4) is 5.75 Å². The van der Waals surface area contributed by atoms with Gasteiger partial charge in [0, 0.05) is 12.0 Å². The van der Waals surface area contributed by atoms with Crippen molar-refractivity contribution in [1.29, 1.82) is 0 Å². The third-order valence-electron chi connectivity index (χ3n) is 3.45. The number of benzene rings is 1. The molecule has 120 valence electrons. The zero-order valence-corrected chi connectivity index (χ0v) is 12.9. The number of amides is 1. The van der Waals surface area contributed by atoms with Gasteiger partial charge in [0.05, 0.1) is 12.2 Å². The first-order valence-electron chi connectivity index (χ1n) is 6.88. The minimum Gasteiger partial charge on any atom is -0.480 e. The molecule has 2 aromatic rings. The number of carbonyl (C=O) groups is 2. The van der Waals surface area contributed by atoms with Gasteiger partial charge in [-0.2, -0.15) is 0 Å². The number of carboxylic acid groups (broad SMARTS) is 1. The van der Waals surface area contributed by atoms with Gasteiger partial charge in [0.25, 0.3) is 5.91 Å². The van der Waals surface area contributed by atoms with E-state index in [1.54, 1.807) is 6.92 Å². The lowest BCUT2D eigenvalue weighted by molar-refractivity contribution is -0.127. The summed E-state index contributed by atoms with van der Waals surface area (Å²) in [6, 6.07) is 3.70. The number of rotatable bonds is 4. The van der Waals surface area contributed by atoms with Gasteiger partial charge in [0.1, 0.15) is 21.5 Å². The van der Waals surface area contributed by atoms with E-state index in [0.29, 0.717) is 22.7 Å². The van der Waals surface area contributed by atoms with Gasteiger partial charge in [-0.3, -0.25) is 4.79 Å². The largest absolute Gasteiger partial charge is 0.480 e. The van der Waals surface area contributed by atoms with Crippen LogP contribution in [-0.2, 0) is 11.2 Å². The van der Waals surface area contributed by atoms with Gasteiger partial charge < -0.3 is 15.2 Å². The number of nitrogens with zero attached hydrogens (tertiary/aromatic N) is 1. The number of aromatic carboxylic acids is 1. The maximum absolute atomic E-state index is 13.2. The lowest BCUT2D eigenvalue weighted by Gasteiger charge is -2.15. The van der Waals surface area contributed by atoms with Crippen molar-refractivity contribution in [2.45, 2.75) is 25.5 Å². The van der Waals surface area contributed by atoms with E-state index in [9.17, 15) is 14.0 Å². The Labute approximate surface area is 134 Å². The minimum atomic E-state index is -1.05. The van der Waals surface area contributed by atoms with Gasteiger partial charge in [-0.05, 0) is 25.1 Å². The molecule has 1 aromatic heterocycles. The first-order valence-corrected chi connectivity index (χ1v) is 7.70. The fraction of sp³-hybridized carbons (Fsp3) is 0.267. The monoisotopic (exact) mass is 336 g/mol. The first-order chi connectivity index (χ1) is 10.9. The van der Waals surface area contributed by atoms with E-state index >= 15 is 0 Å². The van der Waals surface area contributed by atoms with E-state index in [2.05, 4.69) is 10.3 Å². The molecule has 3 rings (SSSR count). The Morgan fingerprint density at radius 2 is 2.30 bits per heavy atom. The highest BCUT2D eigenvalue weighted by atomic mass is 32.1. The van der Waals surface area contributed by atoms with Crippen LogP contribution in [0.4, 0.5) is 4.39 Å². The van der Waals surface area contributed by atoms with Gasteiger partial charge >= 0.3 is 5.97 Å². The van der Waals surface area contributed by atoms with Gasteiger partial charge in [-0.15, -0.1) is 11.3 Å². The second-order valence-corrected chi connectivity index (χ2v) is 6.22. The molecule has 1 aliphatic heterocycles. The van der Waals surface area contributed by atoms with Crippen molar-refractivity contribution in [2.24, 2.45) is 0 Å². The predicted molar refractivity (Wildman–Crippen MR) is 80.2 cm³/mol. The lowest BCUT2D eigenvalue weighted by Crippen LogP contribution is -2.38. The van der Waals surface area contributed by atoms with Crippen molar-refractivity contribution in [2.75, 3.05) is 0 Å². The van der Waals surface area contributed by atoms with Crippen LogP contribution in [0.15, 0.2) is 24.4 Å². The molecule has 0 fully saturated rings. The smallest absolute Gasteiger partial charge is 0.347 e. The van der Waals surface area contributed by atoms with Gasteiger partial charge in [-0.25, -0.2) is 14.2 Å². The van der Waals surface area contributed by atoms with Crippen molar-refractivity contribution in [3.63, 3.8) is 0 Å². The maximum Gasteiger partial charge on any atom is 0.347 e. The Hall–Kier alpha value is -2.48. The summed E-state index contributed by atoms with van der Waals surface area (Å²) in [5, 5.41) is 12.1. The molecule has 2 unspecified atom stereocenters. The zero-order chi connectivity index (χ0) is 16.6. The molecule has 1 aromatic carbocycles. The van der Waals surface area contributed by atoms with Crippen molar-refractivity contribution in [1.82, 2.24) is 10.3 Å². The Kier molecular flexibility index (Phi) is 3.99. The highest BCUT2D eigenvalue weighted by Gasteiger charge is 2.30. The van der Waals surface area contributed by atoms with Crippen LogP contribution in [0.5, 0.6) is 5.75 Å². The predicted octanol–water partition coefficient (Wildman–Crippen LogP) is 2.16. The van der Waals surface area contributed by atoms with E-state index in [1.165, 1.54) is 24.4 Å². The Balaban J connectivity index is 1.64. The van der Waals surface area contributed by atoms with E-state index in [0.717, 1.165) is 11.3 Å². The molecule has 6 nitrogen and oxygen atoms in total. The molecule has 0 saturated heterocycles. The Bertz CT molecular complexity index is 777. The first kappa shape index (κ1) is 15.4. The molecule has 2 atom stereocenters. The SMILES string of the molecule is CC(NC(=O)C1Cc2cc(F)ccc2O1)c1ncc(C(=O)O)s1. The highest BCUT2D eigenvalue weighted by molar-refractivity contribution is 7.13. The van der Waals surface area contributed by atoms with E-state index < -0.39 is 18.1 Å². The summed E-state index contributed by atoms with van der Waals surface area (Å²) in [5.41, 5.74) is 0.653. The fourth-order valence-corrected chi connectivity index (χ4v) is 3.08. The van der Waals surface area contributed by atoms with Crippen LogP contribution < -0.4 is 10.1 Å². The minimum absolute atomic E-state index is 0.112. The zero-order valence-electron chi connectivity index (χ0n) is 12.1. The van der Waals surface area contributed by atoms with Crippen LogP contribution in [-0.4, -0.2) is 28.1 Å². The molecule has 2 heterocycles. The highest BCUT2D eigenvalue weighted by Crippen LogP contribution is 2.29. The van der Waals surface area contributed by atoms with E-state index in [-0.39, 0.29) is 16.6 Å². The quantitative estimate of drug-likeness (QED) is 0.893. The second kappa shape index (κ2) is 5.96. The molecule has 0 aliphatic carbocycles. The van der Waals surface area contributed by atoms with Gasteiger partial charge in [0.15, 0.2) is 6.10 Å². The number of carbonyl (C=O) groups excluding carboxylic acids is 1. The summed E-state index contributed by atoms with van der Waals surface area (Å²) in [6.07, 6.45) is 0.827. The van der Waals surface area contributed by atoms with E-state index in [4.69, 9.17) is 9.84 Å². The summed E-state index contributed by atoms with van der Waals surface area (Å²) in [7, 11) is 0. The van der Waals surface area contributed by atoms with E-state index in [1.807, 2.05) is 0 Å². The number of nitrogens with one attached hydrogen (secondary N) is 1. The average Bonchev–Trinajstić information content (AvgIpc) is 3.13. The molecule has 1 amide bonds. The van der Waals surface area contributed by atoms with Gasteiger partial charge in [0.2, 0.25) is 0 Å². The third kappa shape index (κ3) is 3.16. The normalized spacial score (nSPS) is 17.2. The van der Waals surface area contributed by atoms with Crippen molar-refractivity contribution >= 4 is 23.2 Å². The number of aromatic nitrogens is 1. The number of fused-ring (bicyclic) bond motifs is 1. The molecule has 0 spiro atoms. The molecule has 23 heavy (non-hydrogen) atoms. The number of hydrogen-bond donors (Lipinski definition) is 2. The number of carboxylic acids is 1. The van der Waals surface area contributed by atoms with Crippen LogP contribution in [0.1, 0.15) is 33.2 Å². The van der Waals surface area contributed by atoms with Crippen molar-refractivity contribution < 1.29 is 23.8 Å². The molecule has 1 aliphatic rings. The van der Waals surface area contributed by atoms with Crippen LogP contribution in [0.3, 0.4) is 0 Å². The van der Waals surface area contributed by atoms with Crippen LogP contribution in [0.25, 0.3) is 0 Å². The van der Waals surface area contributed by atoms with Crippen LogP contribution in [0.2, 0.25) is 0 Å². The van der Waals surface area contributed by atoms with Crippen LogP contribution >= 0.6 is 11.3 Å². The molecular formula is C15H13FN2O4S. The van der Waals surface area contributed by atoms with Crippen molar-refractivity contribution in [3.05, 3.63) is 45.7 Å². The average molecular weight is 336 g/mol. The van der Waals surface area contributed by atoms with Gasteiger partial charge in [-0.1, -0.05) is 0 Å². The molecule has 0 saturated carbocycles. The number of ether oxygens (including phenoxy) is 1. The lowest BCUT2D eigenvalue weighted by atomic mass is 10.1. The summed E-state index contributed by atoms with van der Waals surface area (Å²) >= 11 is 1.01. The third-order valence-corrected chi connectivity index (χ3v) is 4.62. The molecule has 0 bridgehead atoms. The summed E-state index contributed by atoms with van der Waals surface area (Å²) in [6.45, 7) is 1.71. The standard InChI is InChI=1S/C15H13FN2O4S/c1-7(14-17-6-12(23-14)15(20)21)18-13(19)11-5-8-4-9(16)2-3-10(8)22-11/h2-4,6-7,11H,5H2,1H3,(H,18,19)(H,20,21). The van der Waals surface area contributed by atoms with Crippen LogP contribution in [0, 0.1) is 5.82 Å². The maximum atomic E-state index is 13.2. The number of halogens is 1. The molecule has 2 N–H and O–H groups in total. The summed E-state index contributed by atoms with van der Waals surface area (Å²) in [5.74, 6) is -1.27. The second-order valence-electron chi connectivity index (χ2n) is 5.16. The molecule has 0 radical (unpaired) electrons. The molecular weight excluding hydrogens is 323 g/mol. The number of thiazole rings is 1. The Morgan fingerprint density at radius 1 is 1.52 bits per heavy atom. The topological polar surface area (TPSA) is 88.5 Å².